The molecule has 0 bridgehead atoms. The van der Waals surface area contributed by atoms with Crippen LogP contribution in [0.15, 0.2) is 48.8 Å². The Labute approximate surface area is 154 Å². The number of hydrogen-bond acceptors (Lipinski definition) is 3. The van der Waals surface area contributed by atoms with Crippen LogP contribution >= 0.6 is 0 Å². The Morgan fingerprint density at radius 1 is 1.07 bits per heavy atom. The quantitative estimate of drug-likeness (QED) is 0.662. The van der Waals surface area contributed by atoms with Crippen molar-refractivity contribution in [3.8, 4) is 6.07 Å². The van der Waals surface area contributed by atoms with E-state index in [-0.39, 0.29) is 11.2 Å². The van der Waals surface area contributed by atoms with Gasteiger partial charge in [-0.1, -0.05) is 30.3 Å². The molecule has 3 heterocycles. The van der Waals surface area contributed by atoms with Gasteiger partial charge < -0.3 is 4.90 Å². The summed E-state index contributed by atoms with van der Waals surface area (Å²) in [5.74, 6) is 0.458. The highest BCUT2D eigenvalue weighted by Gasteiger charge is 2.35. The summed E-state index contributed by atoms with van der Waals surface area (Å²) in [6, 6.07) is 13.9. The third-order valence-corrected chi connectivity index (χ3v) is 5.17. The topological polar surface area (TPSA) is 44.3 Å². The Morgan fingerprint density at radius 3 is 2.41 bits per heavy atom. The van der Waals surface area contributed by atoms with Crippen LogP contribution in [0, 0.1) is 11.3 Å². The number of halogens is 3. The van der Waals surface area contributed by atoms with Crippen LogP contribution in [-0.2, 0) is 6.18 Å². The summed E-state index contributed by atoms with van der Waals surface area (Å²) in [6.45, 7) is 1.49. The molecule has 1 aromatic carbocycles. The van der Waals surface area contributed by atoms with E-state index in [0.717, 1.165) is 36.5 Å². The van der Waals surface area contributed by atoms with Gasteiger partial charge in [-0.25, -0.2) is 4.98 Å². The van der Waals surface area contributed by atoms with Crippen molar-refractivity contribution >= 4 is 11.3 Å². The van der Waals surface area contributed by atoms with Gasteiger partial charge in [-0.3, -0.25) is 4.40 Å². The fourth-order valence-corrected chi connectivity index (χ4v) is 3.80. The van der Waals surface area contributed by atoms with E-state index in [1.54, 1.807) is 6.07 Å². The molecule has 4 rings (SSSR count). The number of piperidine rings is 1. The Hall–Kier alpha value is -3.01. The van der Waals surface area contributed by atoms with Crippen LogP contribution in [0.25, 0.3) is 5.65 Å². The minimum Gasteiger partial charge on any atom is -0.370 e. The number of imidazole rings is 1. The van der Waals surface area contributed by atoms with Gasteiger partial charge in [0.15, 0.2) is 5.65 Å². The summed E-state index contributed by atoms with van der Waals surface area (Å²) in [6.07, 6.45) is -0.515. The Bertz CT molecular complexity index is 994. The van der Waals surface area contributed by atoms with Gasteiger partial charge in [0, 0.05) is 19.3 Å². The highest BCUT2D eigenvalue weighted by molar-refractivity contribution is 5.71. The Kier molecular flexibility index (Phi) is 4.27. The summed E-state index contributed by atoms with van der Waals surface area (Å²) >= 11 is 0. The van der Waals surface area contributed by atoms with E-state index in [1.165, 1.54) is 11.8 Å². The van der Waals surface area contributed by atoms with Crippen molar-refractivity contribution < 1.29 is 13.2 Å². The van der Waals surface area contributed by atoms with Crippen molar-refractivity contribution in [1.29, 1.82) is 5.26 Å². The maximum atomic E-state index is 13.1. The molecule has 3 aromatic rings. The van der Waals surface area contributed by atoms with Crippen LogP contribution in [0.1, 0.15) is 35.6 Å². The molecule has 0 spiro atoms. The van der Waals surface area contributed by atoms with Crippen molar-refractivity contribution in [3.63, 3.8) is 0 Å². The molecule has 0 radical (unpaired) electrons. The second-order valence-electron chi connectivity index (χ2n) is 6.69. The minimum atomic E-state index is -4.51. The third kappa shape index (κ3) is 3.12. The normalized spacial score (nSPS) is 15.9. The zero-order valence-electron chi connectivity index (χ0n) is 14.4. The van der Waals surface area contributed by atoms with Gasteiger partial charge in [0.05, 0.1) is 11.9 Å². The lowest BCUT2D eigenvalue weighted by Gasteiger charge is -2.34. The molecule has 0 unspecified atom stereocenters. The molecule has 1 saturated heterocycles. The van der Waals surface area contributed by atoms with Crippen LogP contribution in [-0.4, -0.2) is 22.5 Å². The first-order chi connectivity index (χ1) is 13.0. The number of alkyl halides is 3. The van der Waals surface area contributed by atoms with E-state index in [2.05, 4.69) is 28.1 Å². The number of aromatic nitrogens is 2. The largest absolute Gasteiger partial charge is 0.433 e. The molecule has 1 fully saturated rings. The van der Waals surface area contributed by atoms with Gasteiger partial charge in [-0.15, -0.1) is 0 Å². The zero-order chi connectivity index (χ0) is 19.0. The van der Waals surface area contributed by atoms with Gasteiger partial charge in [-0.2, -0.15) is 18.4 Å². The Balaban J connectivity index is 1.62. The molecule has 0 atom stereocenters. The van der Waals surface area contributed by atoms with Gasteiger partial charge in [0.25, 0.3) is 0 Å². The molecule has 7 heteroatoms. The van der Waals surface area contributed by atoms with Crippen LogP contribution in [0.2, 0.25) is 0 Å². The van der Waals surface area contributed by atoms with Gasteiger partial charge >= 0.3 is 6.18 Å². The number of benzene rings is 1. The molecule has 1 aliphatic rings. The predicted octanol–water partition coefficient (Wildman–Crippen LogP) is 4.61. The summed E-state index contributed by atoms with van der Waals surface area (Å²) in [5.41, 5.74) is 1.31. The zero-order valence-corrected chi connectivity index (χ0v) is 14.4. The summed E-state index contributed by atoms with van der Waals surface area (Å²) < 4.78 is 40.2. The standard InChI is InChI=1S/C20H17F3N4/c21-20(22,23)18-13-25-19-16(12-24)17(8-11-27(18)19)26-9-6-15(7-10-26)14-4-2-1-3-5-14/h1-5,8,11,13,15H,6-7,9-10H2. The van der Waals surface area contributed by atoms with Crippen LogP contribution in [0.3, 0.4) is 0 Å². The van der Waals surface area contributed by atoms with E-state index in [9.17, 15) is 18.4 Å². The monoisotopic (exact) mass is 370 g/mol. The van der Waals surface area contributed by atoms with Gasteiger partial charge in [0.1, 0.15) is 17.3 Å². The average molecular weight is 370 g/mol. The number of anilines is 1. The lowest BCUT2D eigenvalue weighted by molar-refractivity contribution is -0.141. The number of hydrogen-bond donors (Lipinski definition) is 0. The van der Waals surface area contributed by atoms with E-state index in [0.29, 0.717) is 11.6 Å². The number of pyridine rings is 1. The molecular weight excluding hydrogens is 353 g/mol. The van der Waals surface area contributed by atoms with Crippen molar-refractivity contribution in [1.82, 2.24) is 9.38 Å². The fraction of sp³-hybridized carbons (Fsp3) is 0.300. The molecule has 1 aliphatic heterocycles. The Morgan fingerprint density at radius 2 is 1.78 bits per heavy atom. The summed E-state index contributed by atoms with van der Waals surface area (Å²) in [7, 11) is 0. The molecule has 0 aliphatic carbocycles. The number of rotatable bonds is 2. The van der Waals surface area contributed by atoms with E-state index < -0.39 is 11.9 Å². The SMILES string of the molecule is N#Cc1c(N2CCC(c3ccccc3)CC2)ccn2c(C(F)(F)F)cnc12. The number of nitrogens with zero attached hydrogens (tertiary/aromatic N) is 4. The smallest absolute Gasteiger partial charge is 0.370 e. The molecule has 0 amide bonds. The predicted molar refractivity (Wildman–Crippen MR) is 95.5 cm³/mol. The van der Waals surface area contributed by atoms with Crippen molar-refractivity contribution in [3.05, 3.63) is 65.6 Å². The molecule has 2 aromatic heterocycles. The van der Waals surface area contributed by atoms with Gasteiger partial charge in [-0.05, 0) is 30.4 Å². The van der Waals surface area contributed by atoms with Crippen LogP contribution in [0.5, 0.6) is 0 Å². The number of nitriles is 1. The maximum Gasteiger partial charge on any atom is 0.433 e. The van der Waals surface area contributed by atoms with Crippen LogP contribution in [0.4, 0.5) is 18.9 Å². The summed E-state index contributed by atoms with van der Waals surface area (Å²) in [4.78, 5) is 5.94. The van der Waals surface area contributed by atoms with E-state index in [4.69, 9.17) is 0 Å². The first-order valence-corrected chi connectivity index (χ1v) is 8.76. The molecule has 138 valence electrons. The lowest BCUT2D eigenvalue weighted by atomic mass is 9.89. The van der Waals surface area contributed by atoms with E-state index in [1.807, 2.05) is 18.2 Å². The molecule has 0 N–H and O–H groups in total. The molecule has 0 saturated carbocycles. The fourth-order valence-electron chi connectivity index (χ4n) is 3.80. The second kappa shape index (κ2) is 6.62. The average Bonchev–Trinajstić information content (AvgIpc) is 3.13. The molecular formula is C20H17F3N4. The van der Waals surface area contributed by atoms with Gasteiger partial charge in [0.2, 0.25) is 0 Å². The first kappa shape index (κ1) is 17.4. The second-order valence-corrected chi connectivity index (χ2v) is 6.69. The minimum absolute atomic E-state index is 0.0486. The highest BCUT2D eigenvalue weighted by Crippen LogP contribution is 2.35. The first-order valence-electron chi connectivity index (χ1n) is 8.76. The maximum absolute atomic E-state index is 13.1. The van der Waals surface area contributed by atoms with Crippen molar-refractivity contribution in [2.45, 2.75) is 24.9 Å². The molecule has 27 heavy (non-hydrogen) atoms. The van der Waals surface area contributed by atoms with E-state index >= 15 is 0 Å². The van der Waals surface area contributed by atoms with Crippen LogP contribution < -0.4 is 4.90 Å². The lowest BCUT2D eigenvalue weighted by Crippen LogP contribution is -2.33. The third-order valence-electron chi connectivity index (χ3n) is 5.17. The van der Waals surface area contributed by atoms with Crippen molar-refractivity contribution in [2.24, 2.45) is 0 Å². The highest BCUT2D eigenvalue weighted by atomic mass is 19.4. The number of fused-ring (bicyclic) bond motifs is 1. The molecule has 4 nitrogen and oxygen atoms in total. The van der Waals surface area contributed by atoms with Crippen molar-refractivity contribution in [2.75, 3.05) is 18.0 Å². The summed E-state index contributed by atoms with van der Waals surface area (Å²) in [5, 5.41) is 9.58.